The maximum atomic E-state index is 0. The van der Waals surface area contributed by atoms with Gasteiger partial charge in [0.05, 0.1) is 0 Å². The quantitative estimate of drug-likeness (QED) is 0.414. The zero-order chi connectivity index (χ0) is 0. The second kappa shape index (κ2) is 24.1. The van der Waals surface area contributed by atoms with Crippen LogP contribution in [0.2, 0.25) is 0 Å². The Morgan fingerprint density at radius 1 is 1.00 bits per heavy atom. The summed E-state index contributed by atoms with van der Waals surface area (Å²) in [6.07, 6.45) is 0. The van der Waals surface area contributed by atoms with Crippen LogP contribution in [0.15, 0.2) is 0 Å². The molecule has 0 aliphatic carbocycles. The van der Waals surface area contributed by atoms with Crippen LogP contribution in [0.5, 0.6) is 0 Å². The predicted octanol–water partition coefficient (Wildman–Crippen LogP) is -3.58. The normalized spacial score (nSPS) is 0. The van der Waals surface area contributed by atoms with E-state index in [1.165, 1.54) is 0 Å². The fraction of sp³-hybridized carbons (Fsp3) is 0. The first-order valence-corrected chi connectivity index (χ1v) is 0. The third-order valence-corrected chi connectivity index (χ3v) is 0. The Morgan fingerprint density at radius 3 is 1.00 bits per heavy atom. The average molecular weight is 291 g/mol. The van der Waals surface area contributed by atoms with Gasteiger partial charge in [-0.25, -0.2) is 0 Å². The van der Waals surface area contributed by atoms with Crippen LogP contribution in [0.4, 0.5) is 0 Å². The minimum absolute atomic E-state index is 0. The molecule has 0 spiro atoms. The third kappa shape index (κ3) is 17.9. The number of hydrogen-bond acceptors (Lipinski definition) is 0. The Balaban J connectivity index is 0. The van der Waals surface area contributed by atoms with E-state index >= 15 is 0 Å². The van der Waals surface area contributed by atoms with Gasteiger partial charge in [-0.1, -0.05) is 0 Å². The van der Waals surface area contributed by atoms with E-state index in [1.807, 2.05) is 0 Å². The molecule has 0 unspecified atom stereocenters. The van der Waals surface area contributed by atoms with Gasteiger partial charge in [-0.3, -0.25) is 0 Å². The monoisotopic (exact) mass is 290 g/mol. The molecule has 0 aromatic rings. The second-order valence-corrected chi connectivity index (χ2v) is 0. The maximum Gasteiger partial charge on any atom is 0.316 e. The molecule has 0 bridgehead atoms. The van der Waals surface area contributed by atoms with E-state index in [9.17, 15) is 0 Å². The summed E-state index contributed by atoms with van der Waals surface area (Å²) < 4.78 is 0. The van der Waals surface area contributed by atoms with Gasteiger partial charge in [-0.2, -0.15) is 0 Å². The molecule has 5 heavy (non-hydrogen) atoms. The molecule has 1 nitrogen and oxygen atoms in total. The summed E-state index contributed by atoms with van der Waals surface area (Å²) in [7, 11) is 0. The van der Waals surface area contributed by atoms with Gasteiger partial charge in [0.25, 0.3) is 0 Å². The van der Waals surface area contributed by atoms with Crippen LogP contribution in [-0.4, -0.2) is 115 Å². The first kappa shape index (κ1) is 35.2. The van der Waals surface area contributed by atoms with Crippen LogP contribution in [-0.2, 0) is 19.5 Å². The zero-order valence-electron chi connectivity index (χ0n) is 1.21. The minimum atomic E-state index is 0. The molecule has 0 aliphatic heterocycles. The molecule has 22 valence electrons. The van der Waals surface area contributed by atoms with E-state index in [-0.39, 0.29) is 135 Å². The van der Waals surface area contributed by atoms with Crippen molar-refractivity contribution >= 4 is 110 Å². The van der Waals surface area contributed by atoms with Gasteiger partial charge in [-0.05, 0) is 0 Å². The molecule has 0 fully saturated rings. The maximum absolute atomic E-state index is 0. The number of rotatable bonds is 0. The van der Waals surface area contributed by atoms with Crippen molar-refractivity contribution < 1.29 is 25.0 Å². The summed E-state index contributed by atoms with van der Waals surface area (Å²) in [5.41, 5.74) is 0. The van der Waals surface area contributed by atoms with E-state index in [2.05, 4.69) is 0 Å². The van der Waals surface area contributed by atoms with Crippen LogP contribution in [0.3, 0.4) is 0 Å². The Morgan fingerprint density at radius 2 is 1.00 bits per heavy atom. The van der Waals surface area contributed by atoms with Gasteiger partial charge in [0, 0.05) is 19.5 Å². The fourth-order valence-electron chi connectivity index (χ4n) is 0. The van der Waals surface area contributed by atoms with Crippen LogP contribution >= 0.6 is 0 Å². The van der Waals surface area contributed by atoms with Crippen molar-refractivity contribution in [3.05, 3.63) is 0 Å². The molecule has 0 aromatic carbocycles. The molecular formula is H8BaCaMgOZn. The van der Waals surface area contributed by atoms with Gasteiger partial charge >= 0.3 is 110 Å². The Hall–Kier alpha value is 4.18. The van der Waals surface area contributed by atoms with Crippen molar-refractivity contribution in [3.8, 4) is 0 Å². The van der Waals surface area contributed by atoms with Crippen molar-refractivity contribution in [2.75, 3.05) is 0 Å². The van der Waals surface area contributed by atoms with Gasteiger partial charge in [-0.15, -0.1) is 0 Å². The minimum Gasteiger partial charge on any atom is 0 e. The van der Waals surface area contributed by atoms with Gasteiger partial charge < -0.3 is 5.48 Å². The molecule has 0 saturated heterocycles. The SMILES string of the molecule is O.[BaH2].[CaH2].[MgH2].[Zn]. The van der Waals surface area contributed by atoms with Gasteiger partial charge in [0.2, 0.25) is 0 Å². The molecule has 0 radical (unpaired) electrons. The predicted molar refractivity (Wildman–Crippen MR) is 29.2 cm³/mol. The summed E-state index contributed by atoms with van der Waals surface area (Å²) in [5, 5.41) is 0. The Kier molecular flexibility index (Phi) is 170. The largest absolute Gasteiger partial charge is 0.316 e. The van der Waals surface area contributed by atoms with Gasteiger partial charge in [0.15, 0.2) is 0 Å². The van der Waals surface area contributed by atoms with Crippen LogP contribution in [0.1, 0.15) is 0 Å². The molecule has 0 heterocycles. The van der Waals surface area contributed by atoms with E-state index in [0.717, 1.165) is 0 Å². The van der Waals surface area contributed by atoms with E-state index in [4.69, 9.17) is 0 Å². The standard InChI is InChI=1S/Ba.Ca.Mg.H2O.Zn.6H/h;;;1H2;;;;;;;. The van der Waals surface area contributed by atoms with Gasteiger partial charge in [0.1, 0.15) is 0 Å². The third-order valence-electron chi connectivity index (χ3n) is 0. The molecule has 0 rings (SSSR count). The topological polar surface area (TPSA) is 31.5 Å². The molecule has 0 saturated carbocycles. The van der Waals surface area contributed by atoms with Crippen LogP contribution < -0.4 is 0 Å². The molecule has 0 atom stereocenters. The smallest absolute Gasteiger partial charge is 0 e. The molecule has 0 aliphatic rings. The van der Waals surface area contributed by atoms with Crippen molar-refractivity contribution in [1.29, 1.82) is 0 Å². The Labute approximate surface area is 131 Å². The molecule has 5 heteroatoms. The second-order valence-electron chi connectivity index (χ2n) is 0. The summed E-state index contributed by atoms with van der Waals surface area (Å²) in [4.78, 5) is 0. The summed E-state index contributed by atoms with van der Waals surface area (Å²) in [6.45, 7) is 0. The fourth-order valence-corrected chi connectivity index (χ4v) is 0. The van der Waals surface area contributed by atoms with Crippen LogP contribution in [0, 0.1) is 0 Å². The molecular weight excluding hydrogens is 283 g/mol. The molecule has 0 aromatic heterocycles. The summed E-state index contributed by atoms with van der Waals surface area (Å²) in [6, 6.07) is 0. The van der Waals surface area contributed by atoms with E-state index < -0.39 is 0 Å². The Bertz CT molecular complexity index is 11.6. The first-order chi connectivity index (χ1) is 0. The summed E-state index contributed by atoms with van der Waals surface area (Å²) >= 11 is 0. The van der Waals surface area contributed by atoms with E-state index in [1.54, 1.807) is 0 Å². The average Bonchev–Trinajstić information content (AvgIpc) is 0. The molecule has 0 amide bonds. The van der Waals surface area contributed by atoms with E-state index in [0.29, 0.717) is 0 Å². The summed E-state index contributed by atoms with van der Waals surface area (Å²) in [5.74, 6) is 0. The van der Waals surface area contributed by atoms with Crippen molar-refractivity contribution in [2.45, 2.75) is 0 Å². The van der Waals surface area contributed by atoms with Crippen molar-refractivity contribution in [3.63, 3.8) is 0 Å². The molecule has 2 N–H and O–H groups in total. The van der Waals surface area contributed by atoms with Crippen molar-refractivity contribution in [2.24, 2.45) is 0 Å². The number of hydrogen-bond donors (Lipinski definition) is 0. The zero-order valence-corrected chi connectivity index (χ0v) is 4.17. The van der Waals surface area contributed by atoms with Crippen LogP contribution in [0.25, 0.3) is 0 Å². The van der Waals surface area contributed by atoms with Crippen molar-refractivity contribution in [1.82, 2.24) is 0 Å². The first-order valence-electron chi connectivity index (χ1n) is 0.